The second-order valence-corrected chi connectivity index (χ2v) is 6.19. The van der Waals surface area contributed by atoms with E-state index in [4.69, 9.17) is 0 Å². The van der Waals surface area contributed by atoms with Crippen molar-refractivity contribution in [1.29, 1.82) is 0 Å². The van der Waals surface area contributed by atoms with Gasteiger partial charge in [-0.2, -0.15) is 0 Å². The van der Waals surface area contributed by atoms with Gasteiger partial charge in [-0.25, -0.2) is 0 Å². The highest BCUT2D eigenvalue weighted by atomic mass is 16.2. The summed E-state index contributed by atoms with van der Waals surface area (Å²) in [6.45, 7) is 10.7. The average molecular weight is 195 g/mol. The highest BCUT2D eigenvalue weighted by molar-refractivity contribution is 5.74. The van der Waals surface area contributed by atoms with Crippen molar-refractivity contribution in [3.05, 3.63) is 0 Å². The van der Waals surface area contributed by atoms with Crippen LogP contribution in [0.4, 0.5) is 0 Å². The van der Waals surface area contributed by atoms with Crippen molar-refractivity contribution in [3.8, 4) is 0 Å². The van der Waals surface area contributed by atoms with E-state index in [9.17, 15) is 4.79 Å². The van der Waals surface area contributed by atoms with E-state index in [1.54, 1.807) is 6.92 Å². The van der Waals surface area contributed by atoms with Gasteiger partial charge in [-0.3, -0.25) is 4.79 Å². The van der Waals surface area contributed by atoms with Crippen molar-refractivity contribution in [2.24, 2.45) is 16.7 Å². The third-order valence-corrected chi connectivity index (χ3v) is 4.17. The Morgan fingerprint density at radius 3 is 2.21 bits per heavy atom. The second kappa shape index (κ2) is 2.74. The summed E-state index contributed by atoms with van der Waals surface area (Å²) >= 11 is 0. The van der Waals surface area contributed by atoms with E-state index in [2.05, 4.69) is 20.8 Å². The Hall–Kier alpha value is -0.530. The molecule has 1 atom stereocenters. The molecule has 1 saturated carbocycles. The molecule has 1 unspecified atom stereocenters. The minimum atomic E-state index is 0.246. The van der Waals surface area contributed by atoms with Crippen LogP contribution in [-0.4, -0.2) is 23.9 Å². The molecule has 2 heteroatoms. The van der Waals surface area contributed by atoms with Crippen LogP contribution in [-0.2, 0) is 4.79 Å². The first-order chi connectivity index (χ1) is 6.35. The zero-order valence-corrected chi connectivity index (χ0v) is 9.76. The molecular weight excluding hydrogens is 174 g/mol. The van der Waals surface area contributed by atoms with Gasteiger partial charge in [0.15, 0.2) is 0 Å². The first kappa shape index (κ1) is 10.0. The van der Waals surface area contributed by atoms with Crippen molar-refractivity contribution in [1.82, 2.24) is 4.90 Å². The summed E-state index contributed by atoms with van der Waals surface area (Å²) in [5, 5.41) is 0. The maximum absolute atomic E-state index is 11.1. The Balaban J connectivity index is 1.99. The Kier molecular flexibility index (Phi) is 1.96. The lowest BCUT2D eigenvalue weighted by atomic mass is 9.49. The number of hydrogen-bond donors (Lipinski definition) is 0. The van der Waals surface area contributed by atoms with Crippen LogP contribution in [0.2, 0.25) is 0 Å². The average Bonchev–Trinajstić information content (AvgIpc) is 1.74. The minimum Gasteiger partial charge on any atom is -0.342 e. The fraction of sp³-hybridized carbons (Fsp3) is 0.917. The number of carbonyl (C=O) groups is 1. The van der Waals surface area contributed by atoms with Crippen molar-refractivity contribution < 1.29 is 4.79 Å². The molecule has 1 aliphatic heterocycles. The maximum atomic E-state index is 11.1. The lowest BCUT2D eigenvalue weighted by Crippen LogP contribution is -2.67. The monoisotopic (exact) mass is 195 g/mol. The third-order valence-electron chi connectivity index (χ3n) is 4.17. The molecule has 0 N–H and O–H groups in total. The van der Waals surface area contributed by atoms with E-state index in [-0.39, 0.29) is 5.91 Å². The molecule has 1 heterocycles. The van der Waals surface area contributed by atoms with Crippen molar-refractivity contribution >= 4 is 5.91 Å². The van der Waals surface area contributed by atoms with Crippen molar-refractivity contribution in [2.75, 3.05) is 13.1 Å². The van der Waals surface area contributed by atoms with E-state index in [1.807, 2.05) is 4.90 Å². The highest BCUT2D eigenvalue weighted by Crippen LogP contribution is 2.59. The van der Waals surface area contributed by atoms with Gasteiger partial charge in [0.05, 0.1) is 0 Å². The topological polar surface area (TPSA) is 20.3 Å². The lowest BCUT2D eigenvalue weighted by molar-refractivity contribution is -0.171. The van der Waals surface area contributed by atoms with Crippen LogP contribution in [0.25, 0.3) is 0 Å². The summed E-state index contributed by atoms with van der Waals surface area (Å²) < 4.78 is 0. The van der Waals surface area contributed by atoms with Gasteiger partial charge in [-0.1, -0.05) is 20.8 Å². The number of likely N-dealkylation sites (tertiary alicyclic amines) is 1. The molecule has 1 amide bonds. The molecule has 0 aromatic rings. The lowest BCUT2D eigenvalue weighted by Gasteiger charge is -2.64. The Bertz CT molecular complexity index is 258. The smallest absolute Gasteiger partial charge is 0.219 e. The van der Waals surface area contributed by atoms with Crippen LogP contribution in [0.3, 0.4) is 0 Å². The van der Waals surface area contributed by atoms with E-state index < -0.39 is 0 Å². The van der Waals surface area contributed by atoms with E-state index >= 15 is 0 Å². The Morgan fingerprint density at radius 2 is 1.93 bits per heavy atom. The molecule has 80 valence electrons. The predicted octanol–water partition coefficient (Wildman–Crippen LogP) is 2.29. The standard InChI is InChI=1S/C12H21NO/c1-9(14)13-7-12(8-13)6-5-10(12)11(2,3)4/h10H,5-8H2,1-4H3. The molecule has 2 fully saturated rings. The first-order valence-electron chi connectivity index (χ1n) is 5.61. The molecule has 0 radical (unpaired) electrons. The Labute approximate surface area is 86.7 Å². The van der Waals surface area contributed by atoms with Gasteiger partial charge >= 0.3 is 0 Å². The minimum absolute atomic E-state index is 0.246. The van der Waals surface area contributed by atoms with Gasteiger partial charge in [0.2, 0.25) is 5.91 Å². The van der Waals surface area contributed by atoms with E-state index in [1.165, 1.54) is 12.8 Å². The van der Waals surface area contributed by atoms with Crippen LogP contribution in [0, 0.1) is 16.7 Å². The number of hydrogen-bond acceptors (Lipinski definition) is 1. The van der Waals surface area contributed by atoms with Gasteiger partial charge in [-0.15, -0.1) is 0 Å². The van der Waals surface area contributed by atoms with Crippen LogP contribution < -0.4 is 0 Å². The van der Waals surface area contributed by atoms with Crippen LogP contribution >= 0.6 is 0 Å². The number of rotatable bonds is 0. The van der Waals surface area contributed by atoms with E-state index in [0.29, 0.717) is 10.8 Å². The zero-order valence-electron chi connectivity index (χ0n) is 9.76. The quantitative estimate of drug-likeness (QED) is 0.581. The zero-order chi connectivity index (χ0) is 10.6. The molecule has 0 bridgehead atoms. The number of amides is 1. The van der Waals surface area contributed by atoms with Gasteiger partial charge in [-0.05, 0) is 24.2 Å². The summed E-state index contributed by atoms with van der Waals surface area (Å²) in [7, 11) is 0. The highest BCUT2D eigenvalue weighted by Gasteiger charge is 2.58. The molecule has 1 spiro atoms. The fourth-order valence-electron chi connectivity index (χ4n) is 3.36. The molecule has 2 nitrogen and oxygen atoms in total. The summed E-state index contributed by atoms with van der Waals surface area (Å²) in [5.74, 6) is 1.07. The van der Waals surface area contributed by atoms with Crippen LogP contribution in [0.15, 0.2) is 0 Å². The predicted molar refractivity (Wildman–Crippen MR) is 56.9 cm³/mol. The second-order valence-electron chi connectivity index (χ2n) is 6.19. The van der Waals surface area contributed by atoms with Gasteiger partial charge in [0.25, 0.3) is 0 Å². The van der Waals surface area contributed by atoms with Crippen LogP contribution in [0.1, 0.15) is 40.5 Å². The van der Waals surface area contributed by atoms with Crippen molar-refractivity contribution in [3.63, 3.8) is 0 Å². The SMILES string of the molecule is CC(=O)N1CC2(CCC2C(C)(C)C)C1. The normalized spacial score (nSPS) is 29.7. The first-order valence-corrected chi connectivity index (χ1v) is 5.61. The number of nitrogens with zero attached hydrogens (tertiary/aromatic N) is 1. The summed E-state index contributed by atoms with van der Waals surface area (Å²) in [6.07, 6.45) is 2.69. The van der Waals surface area contributed by atoms with Gasteiger partial charge < -0.3 is 4.90 Å². The summed E-state index contributed by atoms with van der Waals surface area (Å²) in [6, 6.07) is 0. The maximum Gasteiger partial charge on any atom is 0.219 e. The Morgan fingerprint density at radius 1 is 1.36 bits per heavy atom. The molecular formula is C12H21NO. The molecule has 1 aliphatic carbocycles. The van der Waals surface area contributed by atoms with E-state index in [0.717, 1.165) is 19.0 Å². The molecule has 1 saturated heterocycles. The molecule has 0 aromatic carbocycles. The van der Waals surface area contributed by atoms with Crippen LogP contribution in [0.5, 0.6) is 0 Å². The third kappa shape index (κ3) is 1.27. The van der Waals surface area contributed by atoms with Crippen molar-refractivity contribution in [2.45, 2.75) is 40.5 Å². The number of carbonyl (C=O) groups excluding carboxylic acids is 1. The molecule has 2 rings (SSSR count). The van der Waals surface area contributed by atoms with Gasteiger partial charge in [0.1, 0.15) is 0 Å². The fourth-order valence-corrected chi connectivity index (χ4v) is 3.36. The molecule has 0 aromatic heterocycles. The van der Waals surface area contributed by atoms with Gasteiger partial charge in [0, 0.05) is 25.4 Å². The largest absolute Gasteiger partial charge is 0.342 e. The molecule has 14 heavy (non-hydrogen) atoms. The summed E-state index contributed by atoms with van der Waals surface area (Å²) in [5.41, 5.74) is 0.922. The summed E-state index contributed by atoms with van der Waals surface area (Å²) in [4.78, 5) is 13.1. The molecule has 2 aliphatic rings.